The van der Waals surface area contributed by atoms with E-state index in [-0.39, 0.29) is 0 Å². The van der Waals surface area contributed by atoms with Gasteiger partial charge in [-0.25, -0.2) is 4.98 Å². The van der Waals surface area contributed by atoms with E-state index in [0.717, 1.165) is 18.2 Å². The number of nitrogens with zero attached hydrogens (tertiary/aromatic N) is 3. The van der Waals surface area contributed by atoms with Gasteiger partial charge in [-0.3, -0.25) is 4.90 Å². The van der Waals surface area contributed by atoms with E-state index in [2.05, 4.69) is 69.2 Å². The lowest BCUT2D eigenvalue weighted by Gasteiger charge is -2.32. The van der Waals surface area contributed by atoms with Crippen molar-refractivity contribution >= 4 is 0 Å². The highest BCUT2D eigenvalue weighted by Crippen LogP contribution is 2.24. The van der Waals surface area contributed by atoms with E-state index in [1.165, 1.54) is 43.6 Å². The lowest BCUT2D eigenvalue weighted by atomic mass is 9.90. The Morgan fingerprint density at radius 2 is 1.81 bits per heavy atom. The standard InChI is InChI=1S/C23H27N3O/c1-27-23-10-9-21(17-24-23)26-13-5-8-22(26)18-25-14-11-20(12-15-25)16-19-6-3-2-4-7-19/h2-10,13,17,20H,11-12,14-16,18H2,1H3. The number of ether oxygens (including phenoxy) is 1. The van der Waals surface area contributed by atoms with E-state index in [9.17, 15) is 0 Å². The maximum atomic E-state index is 5.16. The molecule has 1 aliphatic heterocycles. The third-order valence-corrected chi connectivity index (χ3v) is 5.50. The van der Waals surface area contributed by atoms with Gasteiger partial charge >= 0.3 is 0 Å². The monoisotopic (exact) mass is 361 g/mol. The molecule has 0 unspecified atom stereocenters. The van der Waals surface area contributed by atoms with Crippen LogP contribution in [0.1, 0.15) is 24.1 Å². The number of aromatic nitrogens is 2. The second-order valence-corrected chi connectivity index (χ2v) is 7.34. The summed E-state index contributed by atoms with van der Waals surface area (Å²) in [6, 6.07) is 19.2. The van der Waals surface area contributed by atoms with E-state index in [1.54, 1.807) is 7.11 Å². The predicted molar refractivity (Wildman–Crippen MR) is 108 cm³/mol. The van der Waals surface area contributed by atoms with Gasteiger partial charge in [0.2, 0.25) is 5.88 Å². The zero-order valence-electron chi connectivity index (χ0n) is 15.9. The van der Waals surface area contributed by atoms with Gasteiger partial charge in [-0.2, -0.15) is 0 Å². The Balaban J connectivity index is 1.35. The van der Waals surface area contributed by atoms with E-state index in [4.69, 9.17) is 4.74 Å². The van der Waals surface area contributed by atoms with Crippen molar-refractivity contribution in [3.8, 4) is 11.6 Å². The van der Waals surface area contributed by atoms with Crippen LogP contribution in [0.2, 0.25) is 0 Å². The van der Waals surface area contributed by atoms with Gasteiger partial charge in [0.15, 0.2) is 0 Å². The fourth-order valence-corrected chi connectivity index (χ4v) is 3.96. The van der Waals surface area contributed by atoms with Crippen LogP contribution in [-0.2, 0) is 13.0 Å². The summed E-state index contributed by atoms with van der Waals surface area (Å²) in [5.41, 5.74) is 3.86. The van der Waals surface area contributed by atoms with E-state index in [1.807, 2.05) is 12.3 Å². The van der Waals surface area contributed by atoms with Gasteiger partial charge in [-0.05, 0) is 62.0 Å². The van der Waals surface area contributed by atoms with Gasteiger partial charge in [0, 0.05) is 24.5 Å². The lowest BCUT2D eigenvalue weighted by Crippen LogP contribution is -2.34. The van der Waals surface area contributed by atoms with Crippen LogP contribution in [0.15, 0.2) is 67.0 Å². The van der Waals surface area contributed by atoms with Crippen molar-refractivity contribution in [1.82, 2.24) is 14.5 Å². The van der Waals surface area contributed by atoms with Gasteiger partial charge < -0.3 is 9.30 Å². The molecule has 0 aliphatic carbocycles. The molecule has 1 aliphatic rings. The van der Waals surface area contributed by atoms with Gasteiger partial charge in [0.1, 0.15) is 0 Å². The van der Waals surface area contributed by atoms with E-state index in [0.29, 0.717) is 5.88 Å². The molecule has 0 bridgehead atoms. The van der Waals surface area contributed by atoms with E-state index >= 15 is 0 Å². The van der Waals surface area contributed by atoms with Crippen LogP contribution in [0.4, 0.5) is 0 Å². The van der Waals surface area contributed by atoms with Crippen molar-refractivity contribution in [2.75, 3.05) is 20.2 Å². The Morgan fingerprint density at radius 1 is 1.00 bits per heavy atom. The van der Waals surface area contributed by atoms with Gasteiger partial charge in [0.05, 0.1) is 19.0 Å². The van der Waals surface area contributed by atoms with Gasteiger partial charge in [0.25, 0.3) is 0 Å². The second-order valence-electron chi connectivity index (χ2n) is 7.34. The first kappa shape index (κ1) is 17.8. The molecule has 0 amide bonds. The number of likely N-dealkylation sites (tertiary alicyclic amines) is 1. The fourth-order valence-electron chi connectivity index (χ4n) is 3.96. The summed E-state index contributed by atoms with van der Waals surface area (Å²) < 4.78 is 7.39. The fraction of sp³-hybridized carbons (Fsp3) is 0.348. The topological polar surface area (TPSA) is 30.3 Å². The molecule has 4 heteroatoms. The summed E-state index contributed by atoms with van der Waals surface area (Å²) in [6.45, 7) is 3.32. The van der Waals surface area contributed by atoms with Crippen LogP contribution < -0.4 is 4.74 Å². The first-order valence-electron chi connectivity index (χ1n) is 9.75. The average Bonchev–Trinajstić information content (AvgIpc) is 3.18. The number of pyridine rings is 1. The molecule has 0 spiro atoms. The Bertz CT molecular complexity index is 834. The first-order valence-corrected chi connectivity index (χ1v) is 9.75. The Morgan fingerprint density at radius 3 is 2.52 bits per heavy atom. The largest absolute Gasteiger partial charge is 0.481 e. The number of benzene rings is 1. The highest BCUT2D eigenvalue weighted by Gasteiger charge is 2.20. The molecule has 1 saturated heterocycles. The molecule has 4 nitrogen and oxygen atoms in total. The van der Waals surface area contributed by atoms with Gasteiger partial charge in [-0.1, -0.05) is 30.3 Å². The normalized spacial score (nSPS) is 15.7. The molecule has 3 heterocycles. The second kappa shape index (κ2) is 8.40. The molecule has 1 aromatic carbocycles. The molecule has 0 radical (unpaired) electrons. The molecule has 2 aromatic heterocycles. The van der Waals surface area contributed by atoms with Crippen molar-refractivity contribution < 1.29 is 4.74 Å². The zero-order valence-corrected chi connectivity index (χ0v) is 15.9. The van der Waals surface area contributed by atoms with Crippen molar-refractivity contribution in [2.24, 2.45) is 5.92 Å². The smallest absolute Gasteiger partial charge is 0.213 e. The zero-order chi connectivity index (χ0) is 18.5. The molecule has 140 valence electrons. The molecule has 1 fully saturated rings. The molecule has 3 aromatic rings. The molecule has 4 rings (SSSR count). The predicted octanol–water partition coefficient (Wildman–Crippen LogP) is 4.34. The first-order chi connectivity index (χ1) is 13.3. The van der Waals surface area contributed by atoms with Crippen molar-refractivity contribution in [2.45, 2.75) is 25.8 Å². The number of rotatable bonds is 6. The third-order valence-electron chi connectivity index (χ3n) is 5.50. The van der Waals surface area contributed by atoms with Crippen LogP contribution in [0.3, 0.4) is 0 Å². The molecular formula is C23H27N3O. The Kier molecular flexibility index (Phi) is 5.54. The number of hydrogen-bond acceptors (Lipinski definition) is 3. The van der Waals surface area contributed by atoms with Crippen molar-refractivity contribution in [3.05, 3.63) is 78.2 Å². The summed E-state index contributed by atoms with van der Waals surface area (Å²) in [4.78, 5) is 6.91. The Labute approximate surface area is 161 Å². The van der Waals surface area contributed by atoms with Crippen LogP contribution in [0, 0.1) is 5.92 Å². The minimum absolute atomic E-state index is 0.646. The SMILES string of the molecule is COc1ccc(-n2cccc2CN2CCC(Cc3ccccc3)CC2)cn1. The third kappa shape index (κ3) is 4.40. The van der Waals surface area contributed by atoms with Gasteiger partial charge in [-0.15, -0.1) is 0 Å². The summed E-state index contributed by atoms with van der Waals surface area (Å²) >= 11 is 0. The summed E-state index contributed by atoms with van der Waals surface area (Å²) in [7, 11) is 1.64. The van der Waals surface area contributed by atoms with Crippen LogP contribution >= 0.6 is 0 Å². The van der Waals surface area contributed by atoms with Crippen LogP contribution in [0.25, 0.3) is 5.69 Å². The highest BCUT2D eigenvalue weighted by molar-refractivity contribution is 5.34. The summed E-state index contributed by atoms with van der Waals surface area (Å²) in [5, 5.41) is 0. The molecule has 0 atom stereocenters. The number of methoxy groups -OCH3 is 1. The maximum Gasteiger partial charge on any atom is 0.213 e. The quantitative estimate of drug-likeness (QED) is 0.654. The molecule has 0 saturated carbocycles. The average molecular weight is 361 g/mol. The molecular weight excluding hydrogens is 334 g/mol. The molecule has 27 heavy (non-hydrogen) atoms. The van der Waals surface area contributed by atoms with E-state index < -0.39 is 0 Å². The summed E-state index contributed by atoms with van der Waals surface area (Å²) in [6.07, 6.45) is 7.75. The highest BCUT2D eigenvalue weighted by atomic mass is 16.5. The van der Waals surface area contributed by atoms with Crippen molar-refractivity contribution in [3.63, 3.8) is 0 Å². The van der Waals surface area contributed by atoms with Crippen LogP contribution in [-0.4, -0.2) is 34.7 Å². The number of piperidine rings is 1. The maximum absolute atomic E-state index is 5.16. The lowest BCUT2D eigenvalue weighted by molar-refractivity contribution is 0.174. The van der Waals surface area contributed by atoms with Crippen molar-refractivity contribution in [1.29, 1.82) is 0 Å². The summed E-state index contributed by atoms with van der Waals surface area (Å²) in [5.74, 6) is 1.45. The van der Waals surface area contributed by atoms with Crippen LogP contribution in [0.5, 0.6) is 5.88 Å². The molecule has 0 N–H and O–H groups in total. The Hall–Kier alpha value is -2.59. The minimum atomic E-state index is 0.646. The minimum Gasteiger partial charge on any atom is -0.481 e. The number of hydrogen-bond donors (Lipinski definition) is 0.